The summed E-state index contributed by atoms with van der Waals surface area (Å²) < 4.78 is 1.81. The summed E-state index contributed by atoms with van der Waals surface area (Å²) in [4.78, 5) is 8.61. The van der Waals surface area contributed by atoms with Crippen molar-refractivity contribution in [3.05, 3.63) is 47.5 Å². The lowest BCUT2D eigenvalue weighted by Gasteiger charge is -2.08. The van der Waals surface area contributed by atoms with Crippen LogP contribution in [0.2, 0.25) is 0 Å². The van der Waals surface area contributed by atoms with E-state index in [4.69, 9.17) is 0 Å². The first kappa shape index (κ1) is 12.6. The standard InChI is InChI=1S/C15H17N5/c1-10-4-5-16-7-12(10)8-17-13-6-14-11(2)19-20(3)15(14)18-9-13/h4-7,9,17H,8H2,1-3H3. The predicted molar refractivity (Wildman–Crippen MR) is 79.5 cm³/mol. The smallest absolute Gasteiger partial charge is 0.157 e. The molecular formula is C15H17N5. The molecule has 3 aromatic rings. The van der Waals surface area contributed by atoms with Gasteiger partial charge in [0.15, 0.2) is 5.65 Å². The van der Waals surface area contributed by atoms with Crippen molar-refractivity contribution in [2.45, 2.75) is 20.4 Å². The van der Waals surface area contributed by atoms with Crippen LogP contribution in [-0.4, -0.2) is 19.7 Å². The lowest BCUT2D eigenvalue weighted by molar-refractivity contribution is 0.774. The van der Waals surface area contributed by atoms with Crippen LogP contribution in [0.25, 0.3) is 11.0 Å². The van der Waals surface area contributed by atoms with Crippen molar-refractivity contribution in [3.8, 4) is 0 Å². The first-order valence-corrected chi connectivity index (χ1v) is 6.58. The van der Waals surface area contributed by atoms with Gasteiger partial charge in [0, 0.05) is 31.4 Å². The van der Waals surface area contributed by atoms with Crippen molar-refractivity contribution < 1.29 is 0 Å². The Balaban J connectivity index is 1.85. The molecule has 5 heteroatoms. The Morgan fingerprint density at radius 1 is 1.25 bits per heavy atom. The van der Waals surface area contributed by atoms with Crippen LogP contribution in [0.1, 0.15) is 16.8 Å². The van der Waals surface area contributed by atoms with Crippen LogP contribution < -0.4 is 5.32 Å². The molecule has 0 aromatic carbocycles. The maximum absolute atomic E-state index is 4.46. The fourth-order valence-electron chi connectivity index (χ4n) is 2.28. The van der Waals surface area contributed by atoms with Crippen molar-refractivity contribution in [3.63, 3.8) is 0 Å². The van der Waals surface area contributed by atoms with E-state index >= 15 is 0 Å². The van der Waals surface area contributed by atoms with E-state index in [0.29, 0.717) is 0 Å². The van der Waals surface area contributed by atoms with Crippen molar-refractivity contribution in [1.29, 1.82) is 0 Å². The maximum atomic E-state index is 4.46. The van der Waals surface area contributed by atoms with Gasteiger partial charge in [-0.15, -0.1) is 0 Å². The first-order valence-electron chi connectivity index (χ1n) is 6.58. The molecule has 3 heterocycles. The van der Waals surface area contributed by atoms with Gasteiger partial charge in [-0.25, -0.2) is 4.98 Å². The number of nitrogens with one attached hydrogen (secondary N) is 1. The normalized spacial score (nSPS) is 10.9. The summed E-state index contributed by atoms with van der Waals surface area (Å²) in [5.74, 6) is 0. The maximum Gasteiger partial charge on any atom is 0.157 e. The fraction of sp³-hybridized carbons (Fsp3) is 0.267. The minimum absolute atomic E-state index is 0.742. The fourth-order valence-corrected chi connectivity index (χ4v) is 2.28. The van der Waals surface area contributed by atoms with Crippen LogP contribution in [0.4, 0.5) is 5.69 Å². The molecule has 0 spiro atoms. The number of pyridine rings is 2. The zero-order valence-electron chi connectivity index (χ0n) is 11.9. The second kappa shape index (κ2) is 4.92. The van der Waals surface area contributed by atoms with E-state index in [1.165, 1.54) is 11.1 Å². The highest BCUT2D eigenvalue weighted by molar-refractivity contribution is 5.81. The van der Waals surface area contributed by atoms with Gasteiger partial charge in [0.05, 0.1) is 17.6 Å². The second-order valence-electron chi connectivity index (χ2n) is 4.96. The zero-order valence-corrected chi connectivity index (χ0v) is 11.9. The van der Waals surface area contributed by atoms with Crippen LogP contribution >= 0.6 is 0 Å². The van der Waals surface area contributed by atoms with Gasteiger partial charge in [-0.1, -0.05) is 0 Å². The molecule has 0 atom stereocenters. The third-order valence-corrected chi connectivity index (χ3v) is 3.49. The molecule has 20 heavy (non-hydrogen) atoms. The highest BCUT2D eigenvalue weighted by atomic mass is 15.3. The lowest BCUT2D eigenvalue weighted by Crippen LogP contribution is -2.02. The van der Waals surface area contributed by atoms with Crippen molar-refractivity contribution in [2.75, 3.05) is 5.32 Å². The highest BCUT2D eigenvalue weighted by Gasteiger charge is 2.07. The van der Waals surface area contributed by atoms with E-state index < -0.39 is 0 Å². The summed E-state index contributed by atoms with van der Waals surface area (Å²) in [7, 11) is 1.91. The molecule has 0 saturated heterocycles. The van der Waals surface area contributed by atoms with Gasteiger partial charge >= 0.3 is 0 Å². The number of rotatable bonds is 3. The van der Waals surface area contributed by atoms with E-state index in [1.54, 1.807) is 4.68 Å². The lowest BCUT2D eigenvalue weighted by atomic mass is 10.1. The van der Waals surface area contributed by atoms with Gasteiger partial charge in [0.1, 0.15) is 0 Å². The second-order valence-corrected chi connectivity index (χ2v) is 4.96. The topological polar surface area (TPSA) is 55.6 Å². The summed E-state index contributed by atoms with van der Waals surface area (Å²) in [5.41, 5.74) is 5.33. The van der Waals surface area contributed by atoms with Gasteiger partial charge in [0.25, 0.3) is 0 Å². The number of nitrogens with zero attached hydrogens (tertiary/aromatic N) is 4. The molecule has 0 bridgehead atoms. The Morgan fingerprint density at radius 2 is 2.10 bits per heavy atom. The van der Waals surface area contributed by atoms with E-state index in [2.05, 4.69) is 33.4 Å². The molecule has 0 unspecified atom stereocenters. The van der Waals surface area contributed by atoms with E-state index in [0.717, 1.165) is 29.0 Å². The number of fused-ring (bicyclic) bond motifs is 1. The number of hydrogen-bond donors (Lipinski definition) is 1. The van der Waals surface area contributed by atoms with Gasteiger partial charge in [0.2, 0.25) is 0 Å². The molecule has 5 nitrogen and oxygen atoms in total. The molecule has 0 saturated carbocycles. The average Bonchev–Trinajstić information content (AvgIpc) is 2.73. The summed E-state index contributed by atoms with van der Waals surface area (Å²) in [5, 5.41) is 8.85. The minimum atomic E-state index is 0.742. The van der Waals surface area contributed by atoms with Gasteiger partial charge in [-0.2, -0.15) is 5.10 Å². The molecule has 3 aromatic heterocycles. The number of anilines is 1. The number of aryl methyl sites for hydroxylation is 3. The van der Waals surface area contributed by atoms with Crippen LogP contribution in [0.15, 0.2) is 30.7 Å². The van der Waals surface area contributed by atoms with Crippen LogP contribution in [-0.2, 0) is 13.6 Å². The Hall–Kier alpha value is -2.43. The van der Waals surface area contributed by atoms with E-state index in [9.17, 15) is 0 Å². The molecule has 102 valence electrons. The predicted octanol–water partition coefficient (Wildman–Crippen LogP) is 2.59. The Bertz CT molecular complexity index is 760. The Labute approximate surface area is 117 Å². The SMILES string of the molecule is Cc1ccncc1CNc1cnc2c(c1)c(C)nn2C. The van der Waals surface area contributed by atoms with E-state index in [-0.39, 0.29) is 0 Å². The monoisotopic (exact) mass is 267 g/mol. The van der Waals surface area contributed by atoms with Crippen molar-refractivity contribution >= 4 is 16.7 Å². The molecule has 0 aliphatic heterocycles. The molecule has 1 N–H and O–H groups in total. The molecular weight excluding hydrogens is 250 g/mol. The minimum Gasteiger partial charge on any atom is -0.380 e. The molecule has 0 fully saturated rings. The molecule has 0 radical (unpaired) electrons. The highest BCUT2D eigenvalue weighted by Crippen LogP contribution is 2.19. The van der Waals surface area contributed by atoms with Gasteiger partial charge < -0.3 is 5.32 Å². The Morgan fingerprint density at radius 3 is 2.90 bits per heavy atom. The molecule has 0 aliphatic rings. The van der Waals surface area contributed by atoms with Crippen LogP contribution in [0.3, 0.4) is 0 Å². The summed E-state index contributed by atoms with van der Waals surface area (Å²) in [6.45, 7) is 4.83. The largest absolute Gasteiger partial charge is 0.380 e. The van der Waals surface area contributed by atoms with Crippen molar-refractivity contribution in [1.82, 2.24) is 19.7 Å². The summed E-state index contributed by atoms with van der Waals surface area (Å²) in [6.07, 6.45) is 5.55. The quantitative estimate of drug-likeness (QED) is 0.792. The number of hydrogen-bond acceptors (Lipinski definition) is 4. The van der Waals surface area contributed by atoms with Crippen LogP contribution in [0, 0.1) is 13.8 Å². The summed E-state index contributed by atoms with van der Waals surface area (Å²) >= 11 is 0. The Kier molecular flexibility index (Phi) is 3.10. The first-order chi connectivity index (χ1) is 9.65. The zero-order chi connectivity index (χ0) is 14.1. The number of aromatic nitrogens is 4. The third kappa shape index (κ3) is 2.22. The van der Waals surface area contributed by atoms with Crippen molar-refractivity contribution in [2.24, 2.45) is 7.05 Å². The molecule has 3 rings (SSSR count). The van der Waals surface area contributed by atoms with Gasteiger partial charge in [-0.05, 0) is 37.1 Å². The van der Waals surface area contributed by atoms with E-state index in [1.807, 2.05) is 38.6 Å². The third-order valence-electron chi connectivity index (χ3n) is 3.49. The van der Waals surface area contributed by atoms with Gasteiger partial charge in [-0.3, -0.25) is 9.67 Å². The van der Waals surface area contributed by atoms with Crippen LogP contribution in [0.5, 0.6) is 0 Å². The molecule has 0 amide bonds. The molecule has 0 aliphatic carbocycles. The summed E-state index contributed by atoms with van der Waals surface area (Å²) in [6, 6.07) is 4.11. The average molecular weight is 267 g/mol.